The van der Waals surface area contributed by atoms with E-state index in [0.717, 1.165) is 11.8 Å². The van der Waals surface area contributed by atoms with Crippen molar-refractivity contribution < 1.29 is 9.84 Å². The van der Waals surface area contributed by atoms with Crippen molar-refractivity contribution in [2.75, 3.05) is 7.11 Å². The number of methoxy groups -OCH3 is 1. The summed E-state index contributed by atoms with van der Waals surface area (Å²) in [4.78, 5) is 0. The van der Waals surface area contributed by atoms with Crippen LogP contribution in [-0.2, 0) is 6.54 Å². The highest BCUT2D eigenvalue weighted by Gasteiger charge is 2.12. The molecule has 0 aromatic heterocycles. The summed E-state index contributed by atoms with van der Waals surface area (Å²) in [6.07, 6.45) is 0. The van der Waals surface area contributed by atoms with E-state index in [2.05, 4.69) is 44.3 Å². The number of nitrogens with one attached hydrogen (secondary N) is 1. The van der Waals surface area contributed by atoms with E-state index in [9.17, 15) is 5.11 Å². The number of hydrogen-bond acceptors (Lipinski definition) is 3. The van der Waals surface area contributed by atoms with Gasteiger partial charge in [-0.25, -0.2) is 0 Å². The molecule has 0 amide bonds. The average molecular weight is 317 g/mol. The van der Waals surface area contributed by atoms with Gasteiger partial charge in [-0.3, -0.25) is 0 Å². The summed E-state index contributed by atoms with van der Waals surface area (Å²) in [6.45, 7) is 7.29. The van der Waals surface area contributed by atoms with Gasteiger partial charge in [-0.05, 0) is 37.7 Å². The normalized spacial score (nSPS) is 12.0. The van der Waals surface area contributed by atoms with Crippen LogP contribution in [0.1, 0.15) is 26.3 Å². The molecule has 0 radical (unpaired) electrons. The molecule has 0 spiro atoms. The number of rotatable bonds is 5. The number of para-hydroxylation sites is 1. The molecule has 2 aromatic rings. The molecule has 2 N–H and O–H groups in total. The first-order chi connectivity index (χ1) is 10.4. The first-order valence-corrected chi connectivity index (χ1v) is 8.36. The van der Waals surface area contributed by atoms with Crippen molar-refractivity contribution in [2.45, 2.75) is 32.9 Å². The van der Waals surface area contributed by atoms with Crippen molar-refractivity contribution in [3.05, 3.63) is 48.0 Å². The molecule has 0 fully saturated rings. The zero-order valence-electron chi connectivity index (χ0n) is 13.6. The number of benzene rings is 2. The van der Waals surface area contributed by atoms with Crippen LogP contribution in [0.25, 0.3) is 0 Å². The van der Waals surface area contributed by atoms with Crippen LogP contribution in [0.15, 0.2) is 42.5 Å². The summed E-state index contributed by atoms with van der Waals surface area (Å²) in [5.74, 6) is 0.761. The van der Waals surface area contributed by atoms with E-state index in [1.165, 1.54) is 10.9 Å². The fraction of sp³-hybridized carbons (Fsp3) is 0.333. The number of phenols is 1. The van der Waals surface area contributed by atoms with Gasteiger partial charge in [-0.1, -0.05) is 45.0 Å². The molecule has 1 unspecified atom stereocenters. The second kappa shape index (κ2) is 7.13. The Hall–Kier alpha value is -1.57. The molecular formula is C18H24NO2P. The number of aromatic hydroxyl groups is 1. The Labute approximate surface area is 134 Å². The smallest absolute Gasteiger partial charge is 0.165 e. The molecule has 0 heterocycles. The van der Waals surface area contributed by atoms with Gasteiger partial charge in [0.25, 0.3) is 0 Å². The van der Waals surface area contributed by atoms with Crippen LogP contribution in [0.2, 0.25) is 0 Å². The largest absolute Gasteiger partial charge is 0.504 e. The first-order valence-electron chi connectivity index (χ1n) is 7.36. The monoisotopic (exact) mass is 317 g/mol. The lowest BCUT2D eigenvalue weighted by Crippen LogP contribution is -2.36. The predicted octanol–water partition coefficient (Wildman–Crippen LogP) is 2.92. The van der Waals surface area contributed by atoms with Crippen molar-refractivity contribution in [2.24, 2.45) is 0 Å². The molecule has 2 rings (SSSR count). The summed E-state index contributed by atoms with van der Waals surface area (Å²) in [5, 5.41) is 15.9. The van der Waals surface area contributed by atoms with Crippen LogP contribution >= 0.6 is 8.58 Å². The zero-order chi connectivity index (χ0) is 16.2. The van der Waals surface area contributed by atoms with E-state index >= 15 is 0 Å². The van der Waals surface area contributed by atoms with E-state index in [4.69, 9.17) is 4.74 Å². The first kappa shape index (κ1) is 16.8. The van der Waals surface area contributed by atoms with Gasteiger partial charge in [0.2, 0.25) is 0 Å². The Kier molecular flexibility index (Phi) is 5.44. The molecule has 22 heavy (non-hydrogen) atoms. The van der Waals surface area contributed by atoms with Crippen LogP contribution in [0.4, 0.5) is 0 Å². The Bertz CT molecular complexity index is 635. The van der Waals surface area contributed by atoms with Crippen LogP contribution in [0, 0.1) is 0 Å². The molecule has 1 atom stereocenters. The van der Waals surface area contributed by atoms with Crippen LogP contribution < -0.4 is 20.7 Å². The third-order valence-electron chi connectivity index (χ3n) is 3.31. The van der Waals surface area contributed by atoms with Gasteiger partial charge in [0.1, 0.15) is 0 Å². The van der Waals surface area contributed by atoms with E-state index in [-0.39, 0.29) is 11.3 Å². The molecule has 118 valence electrons. The summed E-state index contributed by atoms with van der Waals surface area (Å²) in [5.41, 5.74) is 1.34. The van der Waals surface area contributed by atoms with E-state index in [1.807, 2.05) is 18.2 Å². The van der Waals surface area contributed by atoms with Gasteiger partial charge in [-0.2, -0.15) is 0 Å². The number of ether oxygens (including phenoxy) is 1. The third kappa shape index (κ3) is 4.46. The standard InChI is InChI=1S/C18H24NO2P/c1-18(2,3)19-12-13-8-5-6-10-15(13)22-16-11-7-9-14(21-4)17(16)20/h5-11,19-20,22H,12H2,1-4H3. The highest BCUT2D eigenvalue weighted by atomic mass is 31.1. The minimum atomic E-state index is 0.0777. The van der Waals surface area contributed by atoms with Gasteiger partial charge >= 0.3 is 0 Å². The Morgan fingerprint density at radius 2 is 1.73 bits per heavy atom. The van der Waals surface area contributed by atoms with Crippen molar-refractivity contribution >= 4 is 19.2 Å². The quantitative estimate of drug-likeness (QED) is 0.833. The Balaban J connectivity index is 2.23. The second-order valence-electron chi connectivity index (χ2n) is 6.24. The molecule has 0 saturated carbocycles. The molecule has 0 aliphatic heterocycles. The van der Waals surface area contributed by atoms with Crippen LogP contribution in [-0.4, -0.2) is 17.8 Å². The lowest BCUT2D eigenvalue weighted by Gasteiger charge is -2.22. The van der Waals surface area contributed by atoms with E-state index < -0.39 is 0 Å². The predicted molar refractivity (Wildman–Crippen MR) is 95.3 cm³/mol. The molecular weight excluding hydrogens is 293 g/mol. The maximum absolute atomic E-state index is 10.3. The molecule has 3 nitrogen and oxygen atoms in total. The number of hydrogen-bond donors (Lipinski definition) is 2. The summed E-state index contributed by atoms with van der Waals surface area (Å²) in [6, 6.07) is 14.0. The fourth-order valence-corrected chi connectivity index (χ4v) is 3.31. The van der Waals surface area contributed by atoms with Crippen LogP contribution in [0.5, 0.6) is 11.5 Å². The maximum atomic E-state index is 10.3. The summed E-state index contributed by atoms with van der Waals surface area (Å²) in [7, 11) is 1.97. The zero-order valence-corrected chi connectivity index (χ0v) is 14.6. The molecule has 0 aliphatic carbocycles. The van der Waals surface area contributed by atoms with Gasteiger partial charge in [0, 0.05) is 17.4 Å². The SMILES string of the molecule is COc1cccc(Pc2ccccc2CNC(C)(C)C)c1O. The lowest BCUT2D eigenvalue weighted by atomic mass is 10.1. The van der Waals surface area contributed by atoms with E-state index in [1.54, 1.807) is 13.2 Å². The molecule has 2 aromatic carbocycles. The van der Waals surface area contributed by atoms with Gasteiger partial charge in [0.15, 0.2) is 11.5 Å². The fourth-order valence-electron chi connectivity index (χ4n) is 2.09. The van der Waals surface area contributed by atoms with Gasteiger partial charge < -0.3 is 15.2 Å². The van der Waals surface area contributed by atoms with Crippen molar-refractivity contribution in [1.82, 2.24) is 5.32 Å². The van der Waals surface area contributed by atoms with Gasteiger partial charge in [-0.15, -0.1) is 0 Å². The average Bonchev–Trinajstić information content (AvgIpc) is 2.47. The van der Waals surface area contributed by atoms with E-state index in [0.29, 0.717) is 14.3 Å². The molecule has 0 aliphatic rings. The molecule has 0 saturated heterocycles. The summed E-state index contributed by atoms with van der Waals surface area (Å²) < 4.78 is 5.19. The van der Waals surface area contributed by atoms with Crippen molar-refractivity contribution in [3.63, 3.8) is 0 Å². The second-order valence-corrected chi connectivity index (χ2v) is 7.57. The minimum Gasteiger partial charge on any atom is -0.504 e. The Morgan fingerprint density at radius 1 is 1.05 bits per heavy atom. The number of phenolic OH excluding ortho intramolecular Hbond substituents is 1. The highest BCUT2D eigenvalue weighted by Crippen LogP contribution is 2.28. The Morgan fingerprint density at radius 3 is 2.41 bits per heavy atom. The van der Waals surface area contributed by atoms with Crippen LogP contribution in [0.3, 0.4) is 0 Å². The minimum absolute atomic E-state index is 0.0777. The molecule has 4 heteroatoms. The maximum Gasteiger partial charge on any atom is 0.165 e. The lowest BCUT2D eigenvalue weighted by molar-refractivity contribution is 0.375. The summed E-state index contributed by atoms with van der Waals surface area (Å²) >= 11 is 0. The van der Waals surface area contributed by atoms with Crippen molar-refractivity contribution in [3.8, 4) is 11.5 Å². The third-order valence-corrected chi connectivity index (χ3v) is 4.74. The molecule has 0 bridgehead atoms. The highest BCUT2D eigenvalue weighted by molar-refractivity contribution is 7.55. The van der Waals surface area contributed by atoms with Crippen molar-refractivity contribution in [1.29, 1.82) is 0 Å². The topological polar surface area (TPSA) is 41.5 Å². The van der Waals surface area contributed by atoms with Gasteiger partial charge in [0.05, 0.1) is 7.11 Å².